The zero-order valence-electron chi connectivity index (χ0n) is 7.07. The highest BCUT2D eigenvalue weighted by Gasteiger charge is 2.54. The lowest BCUT2D eigenvalue weighted by atomic mass is 10.7. The summed E-state index contributed by atoms with van der Waals surface area (Å²) in [5.74, 6) is -2.38. The Morgan fingerprint density at radius 3 is 2.36 bits per heavy atom. The molecule has 0 aromatic carbocycles. The average molecular weight is 234 g/mol. The first-order valence-electron chi connectivity index (χ1n) is 3.33. The molecular weight excluding hydrogens is 226 g/mol. The maximum atomic E-state index is 12.4. The summed E-state index contributed by atoms with van der Waals surface area (Å²) in [6, 6.07) is 0. The van der Waals surface area contributed by atoms with Crippen molar-refractivity contribution in [2.75, 3.05) is 13.4 Å². The number of alkyl halides is 2. The van der Waals surface area contributed by atoms with Gasteiger partial charge in [-0.15, -0.1) is 0 Å². The van der Waals surface area contributed by atoms with Gasteiger partial charge in [-0.1, -0.05) is 0 Å². The van der Waals surface area contributed by atoms with Gasteiger partial charge in [0.1, 0.15) is 0 Å². The van der Waals surface area contributed by atoms with Crippen LogP contribution in [0.3, 0.4) is 0 Å². The summed E-state index contributed by atoms with van der Waals surface area (Å²) in [7, 11) is -5.80. The van der Waals surface area contributed by atoms with Crippen LogP contribution in [0.2, 0.25) is 0 Å². The fraction of sp³-hybridized carbons (Fsp3) is 0.800. The molecule has 0 aliphatic rings. The van der Waals surface area contributed by atoms with E-state index in [0.29, 0.717) is 0 Å². The molecule has 0 amide bonds. The standard InChI is InChI=1S/C5H8F2O6S/c1-2-12-3-13-4(8)5(6,7)14(9,10)11/h2-3H2,1H3,(H,9,10,11). The first kappa shape index (κ1) is 13.2. The molecule has 6 nitrogen and oxygen atoms in total. The Morgan fingerprint density at radius 2 is 2.00 bits per heavy atom. The zero-order chi connectivity index (χ0) is 11.4. The van der Waals surface area contributed by atoms with Gasteiger partial charge in [0.25, 0.3) is 0 Å². The zero-order valence-corrected chi connectivity index (χ0v) is 7.88. The summed E-state index contributed by atoms with van der Waals surface area (Å²) in [6.45, 7) is 0.805. The van der Waals surface area contributed by atoms with E-state index in [2.05, 4.69) is 9.47 Å². The molecule has 0 unspecified atom stereocenters. The Labute approximate surface area is 78.5 Å². The molecular formula is C5H8F2O6S. The van der Waals surface area contributed by atoms with E-state index in [0.717, 1.165) is 0 Å². The highest BCUT2D eigenvalue weighted by Crippen LogP contribution is 2.21. The van der Waals surface area contributed by atoms with Crippen LogP contribution in [-0.2, 0) is 24.4 Å². The molecule has 0 aliphatic heterocycles. The van der Waals surface area contributed by atoms with Crippen LogP contribution in [0.25, 0.3) is 0 Å². The molecule has 0 spiro atoms. The van der Waals surface area contributed by atoms with Gasteiger partial charge in [-0.05, 0) is 6.92 Å². The van der Waals surface area contributed by atoms with Gasteiger partial charge in [-0.3, -0.25) is 4.55 Å². The third-order valence-electron chi connectivity index (χ3n) is 1.04. The van der Waals surface area contributed by atoms with Crippen LogP contribution >= 0.6 is 0 Å². The molecule has 0 aliphatic carbocycles. The van der Waals surface area contributed by atoms with Crippen molar-refractivity contribution in [1.29, 1.82) is 0 Å². The SMILES string of the molecule is CCOCOC(=O)C(F)(F)S(=O)(=O)O. The third kappa shape index (κ3) is 3.16. The summed E-state index contributed by atoms with van der Waals surface area (Å²) in [5.41, 5.74) is 0. The minimum Gasteiger partial charge on any atom is -0.433 e. The van der Waals surface area contributed by atoms with Gasteiger partial charge in [-0.25, -0.2) is 4.79 Å². The van der Waals surface area contributed by atoms with E-state index >= 15 is 0 Å². The predicted octanol–water partition coefficient (Wildman–Crippen LogP) is 0.00420. The van der Waals surface area contributed by atoms with Crippen molar-refractivity contribution >= 4 is 16.1 Å². The Bertz CT molecular complexity index is 297. The first-order valence-corrected chi connectivity index (χ1v) is 4.77. The molecule has 0 saturated heterocycles. The van der Waals surface area contributed by atoms with Gasteiger partial charge < -0.3 is 9.47 Å². The second-order valence-corrected chi connectivity index (χ2v) is 3.50. The lowest BCUT2D eigenvalue weighted by molar-refractivity contribution is -0.173. The van der Waals surface area contributed by atoms with E-state index in [9.17, 15) is 22.0 Å². The van der Waals surface area contributed by atoms with E-state index in [1.165, 1.54) is 6.92 Å². The van der Waals surface area contributed by atoms with Crippen LogP contribution in [-0.4, -0.2) is 37.6 Å². The second-order valence-electron chi connectivity index (χ2n) is 2.03. The molecule has 0 aromatic rings. The maximum Gasteiger partial charge on any atom is 0.465 e. The molecule has 0 atom stereocenters. The Morgan fingerprint density at radius 1 is 1.50 bits per heavy atom. The van der Waals surface area contributed by atoms with Gasteiger partial charge in [-0.2, -0.15) is 17.2 Å². The van der Waals surface area contributed by atoms with Gasteiger partial charge in [0.05, 0.1) is 0 Å². The van der Waals surface area contributed by atoms with Crippen LogP contribution < -0.4 is 0 Å². The highest BCUT2D eigenvalue weighted by atomic mass is 32.2. The summed E-state index contributed by atoms with van der Waals surface area (Å²) >= 11 is 0. The number of rotatable bonds is 5. The molecule has 0 fully saturated rings. The molecule has 0 saturated carbocycles. The molecule has 0 heterocycles. The fourth-order valence-corrected chi connectivity index (χ4v) is 0.637. The van der Waals surface area contributed by atoms with Crippen LogP contribution in [0.1, 0.15) is 6.92 Å². The van der Waals surface area contributed by atoms with E-state index in [1.807, 2.05) is 0 Å². The summed E-state index contributed by atoms with van der Waals surface area (Å²) in [6.07, 6.45) is 0. The number of carbonyl (C=O) groups is 1. The lowest BCUT2D eigenvalue weighted by Crippen LogP contribution is -2.39. The normalized spacial score (nSPS) is 12.6. The lowest BCUT2D eigenvalue weighted by Gasteiger charge is -2.11. The van der Waals surface area contributed by atoms with Gasteiger partial charge in [0, 0.05) is 6.61 Å². The number of ether oxygens (including phenoxy) is 2. The van der Waals surface area contributed by atoms with E-state index < -0.39 is 28.1 Å². The van der Waals surface area contributed by atoms with Crippen molar-refractivity contribution in [2.45, 2.75) is 12.2 Å². The molecule has 0 rings (SSSR count). The Hall–Kier alpha value is -0.800. The monoisotopic (exact) mass is 234 g/mol. The van der Waals surface area contributed by atoms with Crippen molar-refractivity contribution in [3.63, 3.8) is 0 Å². The largest absolute Gasteiger partial charge is 0.465 e. The van der Waals surface area contributed by atoms with E-state index in [1.54, 1.807) is 0 Å². The summed E-state index contributed by atoms with van der Waals surface area (Å²) in [5, 5.41) is -4.97. The topological polar surface area (TPSA) is 89.9 Å². The minimum atomic E-state index is -5.80. The highest BCUT2D eigenvalue weighted by molar-refractivity contribution is 7.87. The van der Waals surface area contributed by atoms with E-state index in [-0.39, 0.29) is 6.61 Å². The second kappa shape index (κ2) is 4.62. The van der Waals surface area contributed by atoms with Crippen molar-refractivity contribution in [2.24, 2.45) is 0 Å². The van der Waals surface area contributed by atoms with Gasteiger partial charge >= 0.3 is 21.3 Å². The molecule has 0 aromatic heterocycles. The van der Waals surface area contributed by atoms with Crippen LogP contribution in [0.5, 0.6) is 0 Å². The third-order valence-corrected chi connectivity index (χ3v) is 1.85. The van der Waals surface area contributed by atoms with Crippen LogP contribution in [0.15, 0.2) is 0 Å². The number of halogens is 2. The van der Waals surface area contributed by atoms with Crippen molar-refractivity contribution in [1.82, 2.24) is 0 Å². The van der Waals surface area contributed by atoms with Gasteiger partial charge in [0.2, 0.25) is 0 Å². The number of hydrogen-bond donors (Lipinski definition) is 1. The molecule has 1 N–H and O–H groups in total. The number of esters is 1. The van der Waals surface area contributed by atoms with Crippen molar-refractivity contribution < 1.29 is 36.0 Å². The molecule has 9 heteroatoms. The Kier molecular flexibility index (Phi) is 4.36. The fourth-order valence-electron chi connectivity index (χ4n) is 0.368. The van der Waals surface area contributed by atoms with E-state index in [4.69, 9.17) is 4.55 Å². The molecule has 0 radical (unpaired) electrons. The number of hydrogen-bond acceptors (Lipinski definition) is 5. The smallest absolute Gasteiger partial charge is 0.433 e. The number of carbonyl (C=O) groups excluding carboxylic acids is 1. The minimum absolute atomic E-state index is 0.102. The predicted molar refractivity (Wildman–Crippen MR) is 39.1 cm³/mol. The van der Waals surface area contributed by atoms with Gasteiger partial charge in [0.15, 0.2) is 6.79 Å². The quantitative estimate of drug-likeness (QED) is 0.312. The summed E-state index contributed by atoms with van der Waals surface area (Å²) in [4.78, 5) is 10.4. The van der Waals surface area contributed by atoms with Crippen molar-refractivity contribution in [3.8, 4) is 0 Å². The summed E-state index contributed by atoms with van der Waals surface area (Å²) < 4.78 is 60.8. The first-order chi connectivity index (χ1) is 6.23. The molecule has 84 valence electrons. The van der Waals surface area contributed by atoms with Crippen LogP contribution in [0.4, 0.5) is 8.78 Å². The Balaban J connectivity index is 4.39. The maximum absolute atomic E-state index is 12.4. The van der Waals surface area contributed by atoms with Crippen LogP contribution in [0, 0.1) is 0 Å². The van der Waals surface area contributed by atoms with Crippen molar-refractivity contribution in [3.05, 3.63) is 0 Å². The molecule has 14 heavy (non-hydrogen) atoms. The molecule has 0 bridgehead atoms. The average Bonchev–Trinajstić information content (AvgIpc) is 2.02.